The van der Waals surface area contributed by atoms with Gasteiger partial charge in [-0.15, -0.1) is 0 Å². The van der Waals surface area contributed by atoms with Crippen LogP contribution >= 0.6 is 0 Å². The van der Waals surface area contributed by atoms with Crippen molar-refractivity contribution < 1.29 is 14.3 Å². The molecule has 4 fully saturated rings. The topological polar surface area (TPSA) is 43.4 Å². The van der Waals surface area contributed by atoms with Crippen LogP contribution in [0, 0.1) is 52.3 Å². The maximum atomic E-state index is 13.5. The molecule has 4 saturated carbocycles. The fourth-order valence-electron chi connectivity index (χ4n) is 9.37. The minimum Gasteiger partial charge on any atom is -0.463 e. The number of ether oxygens (including phenoxy) is 1. The number of fused-ring (bicyclic) bond motifs is 5. The fourth-order valence-corrected chi connectivity index (χ4v) is 9.37. The molecular formula is C29H48O3. The lowest BCUT2D eigenvalue weighted by Gasteiger charge is -2.60. The summed E-state index contributed by atoms with van der Waals surface area (Å²) >= 11 is 0. The lowest BCUT2D eigenvalue weighted by atomic mass is 9.44. The van der Waals surface area contributed by atoms with E-state index in [2.05, 4.69) is 34.6 Å². The minimum atomic E-state index is -0.201. The van der Waals surface area contributed by atoms with Gasteiger partial charge >= 0.3 is 5.97 Å². The summed E-state index contributed by atoms with van der Waals surface area (Å²) in [6.45, 7) is 13.7. The van der Waals surface area contributed by atoms with Crippen molar-refractivity contribution in [1.29, 1.82) is 0 Å². The predicted octanol–water partition coefficient (Wildman–Crippen LogP) is 7.22. The van der Waals surface area contributed by atoms with Gasteiger partial charge in [0.1, 0.15) is 11.9 Å². The first-order valence-corrected chi connectivity index (χ1v) is 13.8. The molecule has 4 rings (SSSR count). The zero-order chi connectivity index (χ0) is 23.3. The molecule has 4 aliphatic carbocycles. The van der Waals surface area contributed by atoms with Crippen LogP contribution in [0.25, 0.3) is 0 Å². The van der Waals surface area contributed by atoms with E-state index >= 15 is 0 Å². The number of rotatable bonds is 6. The molecule has 0 N–H and O–H groups in total. The molecular weight excluding hydrogens is 396 g/mol. The lowest BCUT2D eigenvalue weighted by Crippen LogP contribution is -2.57. The molecule has 0 aliphatic heterocycles. The highest BCUT2D eigenvalue weighted by Crippen LogP contribution is 2.68. The molecule has 3 nitrogen and oxygen atoms in total. The molecule has 0 bridgehead atoms. The number of hydrogen-bond donors (Lipinski definition) is 0. The third-order valence-corrected chi connectivity index (χ3v) is 10.9. The first-order valence-electron chi connectivity index (χ1n) is 13.8. The summed E-state index contributed by atoms with van der Waals surface area (Å²) in [5, 5.41) is 0. The van der Waals surface area contributed by atoms with Crippen molar-refractivity contribution in [2.75, 3.05) is 0 Å². The largest absolute Gasteiger partial charge is 0.463 e. The number of esters is 1. The quantitative estimate of drug-likeness (QED) is 0.406. The summed E-state index contributed by atoms with van der Waals surface area (Å²) in [4.78, 5) is 25.0. The molecule has 0 unspecified atom stereocenters. The lowest BCUT2D eigenvalue weighted by molar-refractivity contribution is -0.169. The van der Waals surface area contributed by atoms with Gasteiger partial charge in [-0.2, -0.15) is 0 Å². The summed E-state index contributed by atoms with van der Waals surface area (Å²) in [6, 6.07) is 0. The maximum Gasteiger partial charge on any atom is 0.302 e. The Morgan fingerprint density at radius 3 is 2.38 bits per heavy atom. The Balaban J connectivity index is 1.48. The molecule has 0 aromatic rings. The highest BCUT2D eigenvalue weighted by molar-refractivity contribution is 5.83. The van der Waals surface area contributed by atoms with Crippen LogP contribution in [0.3, 0.4) is 0 Å². The molecule has 0 aromatic carbocycles. The second-order valence-electron chi connectivity index (χ2n) is 13.1. The van der Waals surface area contributed by atoms with Gasteiger partial charge in [0.15, 0.2) is 0 Å². The minimum absolute atomic E-state index is 0.0533. The Labute approximate surface area is 196 Å². The van der Waals surface area contributed by atoms with Crippen LogP contribution in [0.5, 0.6) is 0 Å². The number of hydrogen-bond acceptors (Lipinski definition) is 3. The molecule has 0 heterocycles. The van der Waals surface area contributed by atoms with Crippen molar-refractivity contribution in [2.24, 2.45) is 52.3 Å². The summed E-state index contributed by atoms with van der Waals surface area (Å²) < 4.78 is 5.55. The van der Waals surface area contributed by atoms with E-state index in [0.717, 1.165) is 49.4 Å². The van der Waals surface area contributed by atoms with E-state index in [9.17, 15) is 9.59 Å². The first-order chi connectivity index (χ1) is 15.1. The van der Waals surface area contributed by atoms with Crippen LogP contribution in [0.15, 0.2) is 0 Å². The Hall–Kier alpha value is -0.860. The van der Waals surface area contributed by atoms with Crippen molar-refractivity contribution in [3.63, 3.8) is 0 Å². The van der Waals surface area contributed by atoms with Crippen LogP contribution in [0.2, 0.25) is 0 Å². The summed E-state index contributed by atoms with van der Waals surface area (Å²) in [5.74, 6) is 4.81. The van der Waals surface area contributed by atoms with Gasteiger partial charge in [0.2, 0.25) is 0 Å². The number of carbonyl (C=O) groups is 2. The molecule has 182 valence electrons. The second kappa shape index (κ2) is 9.06. The molecule has 0 amide bonds. The van der Waals surface area contributed by atoms with Crippen LogP contribution in [0.1, 0.15) is 112 Å². The molecule has 3 heteroatoms. The zero-order valence-electron chi connectivity index (χ0n) is 21.6. The van der Waals surface area contributed by atoms with E-state index in [1.807, 2.05) is 0 Å². The predicted molar refractivity (Wildman–Crippen MR) is 129 cm³/mol. The normalized spacial score (nSPS) is 44.5. The van der Waals surface area contributed by atoms with Gasteiger partial charge in [-0.1, -0.05) is 53.9 Å². The third-order valence-electron chi connectivity index (χ3n) is 10.9. The van der Waals surface area contributed by atoms with Gasteiger partial charge < -0.3 is 4.74 Å². The monoisotopic (exact) mass is 444 g/mol. The first kappa shape index (κ1) is 24.3. The van der Waals surface area contributed by atoms with E-state index in [4.69, 9.17) is 4.74 Å². The van der Waals surface area contributed by atoms with E-state index in [0.29, 0.717) is 23.0 Å². The second-order valence-corrected chi connectivity index (χ2v) is 13.1. The summed E-state index contributed by atoms with van der Waals surface area (Å²) in [5.41, 5.74) is 0.537. The molecule has 32 heavy (non-hydrogen) atoms. The zero-order valence-corrected chi connectivity index (χ0v) is 21.6. The van der Waals surface area contributed by atoms with Gasteiger partial charge in [-0.05, 0) is 91.3 Å². The van der Waals surface area contributed by atoms with Crippen LogP contribution in [-0.4, -0.2) is 17.9 Å². The van der Waals surface area contributed by atoms with E-state index < -0.39 is 0 Å². The Morgan fingerprint density at radius 1 is 1.00 bits per heavy atom. The highest BCUT2D eigenvalue weighted by atomic mass is 16.5. The van der Waals surface area contributed by atoms with Gasteiger partial charge in [0.25, 0.3) is 0 Å². The van der Waals surface area contributed by atoms with Crippen molar-refractivity contribution >= 4 is 11.8 Å². The Bertz CT molecular complexity index is 713. The fraction of sp³-hybridized carbons (Fsp3) is 0.931. The maximum absolute atomic E-state index is 13.5. The SMILES string of the molecule is CC(=O)O[C@@H]1CC[C@@]2(C)[C@H](C1)C(=O)C[C@@H]1[C@H]3CC[C@H]([C@H](C)CCCC(C)C)[C@]3(C)CC[C@H]12. The van der Waals surface area contributed by atoms with Gasteiger partial charge in [0, 0.05) is 19.3 Å². The van der Waals surface area contributed by atoms with Crippen LogP contribution < -0.4 is 0 Å². The van der Waals surface area contributed by atoms with Crippen molar-refractivity contribution in [2.45, 2.75) is 118 Å². The third kappa shape index (κ3) is 4.20. The summed E-state index contributed by atoms with van der Waals surface area (Å²) in [7, 11) is 0. The molecule has 9 atom stereocenters. The van der Waals surface area contributed by atoms with Crippen molar-refractivity contribution in [3.05, 3.63) is 0 Å². The molecule has 4 aliphatic rings. The van der Waals surface area contributed by atoms with Gasteiger partial charge in [0.05, 0.1) is 0 Å². The van der Waals surface area contributed by atoms with Crippen LogP contribution in [-0.2, 0) is 14.3 Å². The highest BCUT2D eigenvalue weighted by Gasteiger charge is 2.62. The average molecular weight is 445 g/mol. The number of Topliss-reactive ketones (excluding diaryl/α,β-unsaturated/α-hetero) is 1. The van der Waals surface area contributed by atoms with Crippen molar-refractivity contribution in [3.8, 4) is 0 Å². The molecule has 0 aromatic heterocycles. The molecule has 0 spiro atoms. The number of ketones is 1. The van der Waals surface area contributed by atoms with Gasteiger partial charge in [-0.3, -0.25) is 9.59 Å². The Morgan fingerprint density at radius 2 is 1.69 bits per heavy atom. The molecule has 0 radical (unpaired) electrons. The van der Waals surface area contributed by atoms with Crippen molar-refractivity contribution in [1.82, 2.24) is 0 Å². The standard InChI is InChI=1S/C29H48O3/c1-18(2)8-7-9-19(3)23-10-11-24-22-17-27(31)26-16-21(32-20(4)30)12-14-29(26,6)25(22)13-15-28(23,24)5/h18-19,21-26H,7-17H2,1-6H3/t19-,21-,22-,23-,24-,25-,26-,28+,29-/m1/s1. The Kier molecular flexibility index (Phi) is 6.87. The molecule has 0 saturated heterocycles. The summed E-state index contributed by atoms with van der Waals surface area (Å²) in [6.07, 6.45) is 12.9. The van der Waals surface area contributed by atoms with Gasteiger partial charge in [-0.25, -0.2) is 0 Å². The van der Waals surface area contributed by atoms with E-state index in [-0.39, 0.29) is 23.4 Å². The van der Waals surface area contributed by atoms with E-state index in [1.165, 1.54) is 51.9 Å². The van der Waals surface area contributed by atoms with Crippen LogP contribution in [0.4, 0.5) is 0 Å². The smallest absolute Gasteiger partial charge is 0.302 e. The average Bonchev–Trinajstić information content (AvgIpc) is 3.06. The van der Waals surface area contributed by atoms with E-state index in [1.54, 1.807) is 0 Å². The number of carbonyl (C=O) groups excluding carboxylic acids is 2.